The van der Waals surface area contributed by atoms with E-state index in [2.05, 4.69) is 5.32 Å². The van der Waals surface area contributed by atoms with Crippen LogP contribution in [0.15, 0.2) is 0 Å². The lowest BCUT2D eigenvalue weighted by Crippen LogP contribution is -2.54. The van der Waals surface area contributed by atoms with Crippen molar-refractivity contribution in [1.82, 2.24) is 15.1 Å². The molecular formula is C16H26F3N3O2. The van der Waals surface area contributed by atoms with Crippen LogP contribution >= 0.6 is 0 Å². The lowest BCUT2D eigenvalue weighted by Gasteiger charge is -2.39. The Morgan fingerprint density at radius 1 is 1.29 bits per heavy atom. The molecule has 0 radical (unpaired) electrons. The van der Waals surface area contributed by atoms with Gasteiger partial charge in [0, 0.05) is 31.6 Å². The highest BCUT2D eigenvalue weighted by molar-refractivity contribution is 5.84. The monoisotopic (exact) mass is 349 g/mol. The summed E-state index contributed by atoms with van der Waals surface area (Å²) in [6.07, 6.45) is -3.25. The Balaban J connectivity index is 1.87. The van der Waals surface area contributed by atoms with Gasteiger partial charge < -0.3 is 15.1 Å². The van der Waals surface area contributed by atoms with Crippen molar-refractivity contribution < 1.29 is 22.8 Å². The zero-order chi connectivity index (χ0) is 18.1. The van der Waals surface area contributed by atoms with E-state index < -0.39 is 24.7 Å². The number of alkyl halides is 3. The first-order valence-electron chi connectivity index (χ1n) is 8.49. The number of carbonyl (C=O) groups excluding carboxylic acids is 2. The van der Waals surface area contributed by atoms with Crippen LogP contribution < -0.4 is 5.32 Å². The minimum Gasteiger partial charge on any atom is -0.342 e. The Morgan fingerprint density at radius 3 is 2.50 bits per heavy atom. The third-order valence-electron chi connectivity index (χ3n) is 4.79. The third-order valence-corrected chi connectivity index (χ3v) is 4.79. The summed E-state index contributed by atoms with van der Waals surface area (Å²) in [7, 11) is 0. The molecule has 2 fully saturated rings. The van der Waals surface area contributed by atoms with Gasteiger partial charge in [-0.25, -0.2) is 0 Å². The first-order chi connectivity index (χ1) is 11.1. The fourth-order valence-corrected chi connectivity index (χ4v) is 3.48. The van der Waals surface area contributed by atoms with Gasteiger partial charge in [-0.05, 0) is 18.8 Å². The Kier molecular flexibility index (Phi) is 5.78. The molecule has 2 heterocycles. The Hall–Kier alpha value is -1.31. The van der Waals surface area contributed by atoms with E-state index in [1.165, 1.54) is 0 Å². The van der Waals surface area contributed by atoms with E-state index in [4.69, 9.17) is 0 Å². The molecule has 0 saturated carbocycles. The van der Waals surface area contributed by atoms with E-state index in [-0.39, 0.29) is 30.3 Å². The van der Waals surface area contributed by atoms with E-state index in [1.54, 1.807) is 0 Å². The normalized spacial score (nSPS) is 28.8. The van der Waals surface area contributed by atoms with Crippen LogP contribution in [0.3, 0.4) is 0 Å². The zero-order valence-corrected chi connectivity index (χ0v) is 14.4. The van der Waals surface area contributed by atoms with Crippen molar-refractivity contribution >= 4 is 11.8 Å². The molecule has 0 spiro atoms. The summed E-state index contributed by atoms with van der Waals surface area (Å²) in [6.45, 7) is 5.92. The minimum atomic E-state index is -4.36. The quantitative estimate of drug-likeness (QED) is 0.839. The largest absolute Gasteiger partial charge is 0.406 e. The van der Waals surface area contributed by atoms with Crippen LogP contribution in [0, 0.1) is 11.8 Å². The predicted octanol–water partition coefficient (Wildman–Crippen LogP) is 1.63. The summed E-state index contributed by atoms with van der Waals surface area (Å²) in [5.41, 5.74) is 0. The number of carbonyl (C=O) groups is 2. The van der Waals surface area contributed by atoms with Gasteiger partial charge >= 0.3 is 6.18 Å². The van der Waals surface area contributed by atoms with E-state index in [0.717, 1.165) is 4.90 Å². The van der Waals surface area contributed by atoms with E-state index >= 15 is 0 Å². The number of nitrogens with one attached hydrogen (secondary N) is 1. The number of piperidine rings is 1. The Morgan fingerprint density at radius 2 is 1.96 bits per heavy atom. The molecule has 0 aromatic rings. The van der Waals surface area contributed by atoms with E-state index in [0.29, 0.717) is 25.9 Å². The third kappa shape index (κ3) is 4.62. The molecule has 0 bridgehead atoms. The van der Waals surface area contributed by atoms with Crippen LogP contribution in [0.4, 0.5) is 13.2 Å². The molecule has 5 nitrogen and oxygen atoms in total. The second-order valence-corrected chi connectivity index (χ2v) is 7.19. The number of halogens is 3. The van der Waals surface area contributed by atoms with Crippen LogP contribution in [0.5, 0.6) is 0 Å². The fraction of sp³-hybridized carbons (Fsp3) is 0.875. The summed E-state index contributed by atoms with van der Waals surface area (Å²) in [4.78, 5) is 26.9. The van der Waals surface area contributed by atoms with Crippen molar-refractivity contribution in [3.05, 3.63) is 0 Å². The second-order valence-electron chi connectivity index (χ2n) is 7.19. The van der Waals surface area contributed by atoms with Crippen molar-refractivity contribution in [3.63, 3.8) is 0 Å². The molecule has 0 unspecified atom stereocenters. The first-order valence-corrected chi connectivity index (χ1v) is 8.49. The minimum absolute atomic E-state index is 0.0426. The molecule has 2 amide bonds. The van der Waals surface area contributed by atoms with Gasteiger partial charge in [0.1, 0.15) is 6.54 Å². The van der Waals surface area contributed by atoms with E-state index in [1.807, 2.05) is 25.7 Å². The Labute approximate surface area is 140 Å². The van der Waals surface area contributed by atoms with Crippen LogP contribution in [-0.4, -0.2) is 66.1 Å². The maximum absolute atomic E-state index is 12.5. The van der Waals surface area contributed by atoms with Crippen molar-refractivity contribution in [2.24, 2.45) is 11.8 Å². The maximum Gasteiger partial charge on any atom is 0.406 e. The topological polar surface area (TPSA) is 52.7 Å². The summed E-state index contributed by atoms with van der Waals surface area (Å²) in [5.74, 6) is -0.242. The molecule has 2 rings (SSSR count). The molecule has 2 saturated heterocycles. The smallest absolute Gasteiger partial charge is 0.342 e. The van der Waals surface area contributed by atoms with Crippen LogP contribution in [0.2, 0.25) is 0 Å². The average Bonchev–Trinajstić information content (AvgIpc) is 2.79. The molecule has 8 heteroatoms. The number of nitrogens with zero attached hydrogens (tertiary/aromatic N) is 2. The van der Waals surface area contributed by atoms with Gasteiger partial charge in [-0.2, -0.15) is 13.2 Å². The summed E-state index contributed by atoms with van der Waals surface area (Å²) in [5, 5.41) is 3.23. The fourth-order valence-electron chi connectivity index (χ4n) is 3.48. The van der Waals surface area contributed by atoms with Crippen LogP contribution in [0.1, 0.15) is 33.6 Å². The highest BCUT2D eigenvalue weighted by atomic mass is 19.4. The van der Waals surface area contributed by atoms with Crippen molar-refractivity contribution in [2.75, 3.05) is 26.2 Å². The molecule has 138 valence electrons. The standard InChI is InChI=1S/C16H26F3N3O2/c1-10(2)14(23)21-6-4-12(11(3)8-21)20-13-5-7-22(15(13)24)9-16(17,18)19/h10-13,20H,4-9H2,1-3H3/t11-,12-,13+/m0/s1. The summed E-state index contributed by atoms with van der Waals surface area (Å²) < 4.78 is 37.4. The Bertz CT molecular complexity index is 482. The van der Waals surface area contributed by atoms with Crippen molar-refractivity contribution in [2.45, 2.75) is 51.9 Å². The predicted molar refractivity (Wildman–Crippen MR) is 83.2 cm³/mol. The number of hydrogen-bond donors (Lipinski definition) is 1. The molecule has 0 aliphatic carbocycles. The molecule has 0 aromatic carbocycles. The number of hydrogen-bond acceptors (Lipinski definition) is 3. The molecule has 1 N–H and O–H groups in total. The average molecular weight is 349 g/mol. The SMILES string of the molecule is CC(C)C(=O)N1CC[C@H](N[C@@H]2CCN(CC(F)(F)F)C2=O)[C@@H](C)C1. The van der Waals surface area contributed by atoms with Gasteiger partial charge in [-0.15, -0.1) is 0 Å². The van der Waals surface area contributed by atoms with Crippen LogP contribution in [-0.2, 0) is 9.59 Å². The number of rotatable bonds is 4. The van der Waals surface area contributed by atoms with E-state index in [9.17, 15) is 22.8 Å². The molecule has 0 aromatic heterocycles. The second kappa shape index (κ2) is 7.29. The summed E-state index contributed by atoms with van der Waals surface area (Å²) in [6, 6.07) is -0.506. The molecule has 3 atom stereocenters. The van der Waals surface area contributed by atoms with Gasteiger partial charge in [0.15, 0.2) is 0 Å². The van der Waals surface area contributed by atoms with Gasteiger partial charge in [-0.1, -0.05) is 20.8 Å². The zero-order valence-electron chi connectivity index (χ0n) is 14.4. The summed E-state index contributed by atoms with van der Waals surface area (Å²) >= 11 is 0. The molecule has 24 heavy (non-hydrogen) atoms. The lowest BCUT2D eigenvalue weighted by atomic mass is 9.92. The molecular weight excluding hydrogens is 323 g/mol. The highest BCUT2D eigenvalue weighted by Crippen LogP contribution is 2.24. The van der Waals surface area contributed by atoms with Crippen molar-refractivity contribution in [1.29, 1.82) is 0 Å². The van der Waals surface area contributed by atoms with Gasteiger partial charge in [0.25, 0.3) is 0 Å². The van der Waals surface area contributed by atoms with Crippen LogP contribution in [0.25, 0.3) is 0 Å². The maximum atomic E-state index is 12.5. The van der Waals surface area contributed by atoms with Gasteiger partial charge in [0.2, 0.25) is 11.8 Å². The first kappa shape index (κ1) is 19.0. The van der Waals surface area contributed by atoms with Gasteiger partial charge in [0.05, 0.1) is 6.04 Å². The lowest BCUT2D eigenvalue weighted by molar-refractivity contribution is -0.158. The number of amides is 2. The molecule has 2 aliphatic rings. The molecule has 2 aliphatic heterocycles. The van der Waals surface area contributed by atoms with Gasteiger partial charge in [-0.3, -0.25) is 9.59 Å². The van der Waals surface area contributed by atoms with Crippen molar-refractivity contribution in [3.8, 4) is 0 Å². The number of likely N-dealkylation sites (tertiary alicyclic amines) is 2. The highest BCUT2D eigenvalue weighted by Gasteiger charge is 2.41.